The number of carbonyl (C=O) groups is 1. The second-order valence-corrected chi connectivity index (χ2v) is 8.16. The molecule has 1 aromatic carbocycles. The molecule has 3 rings (SSSR count). The number of benzene rings is 1. The Morgan fingerprint density at radius 3 is 2.48 bits per heavy atom. The maximum Gasteiger partial charge on any atom is 0.270 e. The first kappa shape index (κ1) is 19.6. The fourth-order valence-corrected chi connectivity index (χ4v) is 4.52. The van der Waals surface area contributed by atoms with Crippen LogP contribution in [0.25, 0.3) is 10.2 Å². The third kappa shape index (κ3) is 4.23. The van der Waals surface area contributed by atoms with Crippen LogP contribution in [0.5, 0.6) is 11.5 Å². The van der Waals surface area contributed by atoms with Gasteiger partial charge in [0.15, 0.2) is 5.13 Å². The van der Waals surface area contributed by atoms with Crippen molar-refractivity contribution in [1.82, 2.24) is 9.88 Å². The summed E-state index contributed by atoms with van der Waals surface area (Å²) in [4.78, 5) is 22.4. The molecule has 0 radical (unpaired) electrons. The fourth-order valence-electron chi connectivity index (χ4n) is 2.75. The lowest BCUT2D eigenvalue weighted by Crippen LogP contribution is -2.32. The van der Waals surface area contributed by atoms with E-state index in [1.165, 1.54) is 22.7 Å². The summed E-state index contributed by atoms with van der Waals surface area (Å²) in [6.07, 6.45) is 0.855. The molecule has 0 aliphatic heterocycles. The smallest absolute Gasteiger partial charge is 0.270 e. The second-order valence-electron chi connectivity index (χ2n) is 6.24. The van der Waals surface area contributed by atoms with Crippen molar-refractivity contribution in [1.29, 1.82) is 0 Å². The van der Waals surface area contributed by atoms with Gasteiger partial charge < -0.3 is 14.4 Å². The summed E-state index contributed by atoms with van der Waals surface area (Å²) in [6.45, 7) is 1.49. The lowest BCUT2D eigenvalue weighted by atomic mass is 10.3. The number of hydrogen-bond donors (Lipinski definition) is 0. The molecule has 2 aromatic heterocycles. The van der Waals surface area contributed by atoms with Crippen molar-refractivity contribution >= 4 is 43.9 Å². The lowest BCUT2D eigenvalue weighted by Gasteiger charge is -2.20. The number of thiophene rings is 1. The molecule has 2 heterocycles. The summed E-state index contributed by atoms with van der Waals surface area (Å²) >= 11 is 2.89. The molecule has 0 aliphatic carbocycles. The van der Waals surface area contributed by atoms with Crippen molar-refractivity contribution in [2.75, 3.05) is 46.3 Å². The van der Waals surface area contributed by atoms with Gasteiger partial charge >= 0.3 is 0 Å². The van der Waals surface area contributed by atoms with Gasteiger partial charge in [-0.3, -0.25) is 9.69 Å². The first-order valence-electron chi connectivity index (χ1n) is 8.56. The highest BCUT2D eigenvalue weighted by Gasteiger charge is 2.24. The summed E-state index contributed by atoms with van der Waals surface area (Å²) in [6, 6.07) is 7.43. The average Bonchev–Trinajstić information content (AvgIpc) is 3.33. The Kier molecular flexibility index (Phi) is 6.30. The van der Waals surface area contributed by atoms with Gasteiger partial charge in [-0.1, -0.05) is 17.4 Å². The maximum atomic E-state index is 13.1. The predicted molar refractivity (Wildman–Crippen MR) is 112 cm³/mol. The van der Waals surface area contributed by atoms with E-state index in [9.17, 15) is 4.79 Å². The summed E-state index contributed by atoms with van der Waals surface area (Å²) in [5.74, 6) is 1.37. The third-order valence-electron chi connectivity index (χ3n) is 4.09. The average molecular weight is 406 g/mol. The summed E-state index contributed by atoms with van der Waals surface area (Å²) < 4.78 is 11.8. The Hall–Kier alpha value is -2.16. The van der Waals surface area contributed by atoms with Gasteiger partial charge in [0.2, 0.25) is 0 Å². The van der Waals surface area contributed by atoms with Crippen LogP contribution in [0.4, 0.5) is 5.13 Å². The first-order valence-corrected chi connectivity index (χ1v) is 10.3. The van der Waals surface area contributed by atoms with Crippen LogP contribution < -0.4 is 14.4 Å². The van der Waals surface area contributed by atoms with Gasteiger partial charge in [-0.25, -0.2) is 4.98 Å². The number of hydrogen-bond acceptors (Lipinski definition) is 7. The zero-order valence-electron chi connectivity index (χ0n) is 15.9. The number of ether oxygens (including phenoxy) is 2. The number of methoxy groups -OCH3 is 2. The van der Waals surface area contributed by atoms with Gasteiger partial charge in [-0.15, -0.1) is 11.3 Å². The lowest BCUT2D eigenvalue weighted by molar-refractivity contribution is 0.0990. The number of anilines is 1. The Labute approximate surface area is 166 Å². The molecule has 0 spiro atoms. The van der Waals surface area contributed by atoms with E-state index in [1.54, 1.807) is 19.1 Å². The van der Waals surface area contributed by atoms with Crippen molar-refractivity contribution < 1.29 is 14.3 Å². The van der Waals surface area contributed by atoms with Crippen LogP contribution in [0.3, 0.4) is 0 Å². The standard InChI is InChI=1S/C19H23N3O3S2/c1-21(2)10-6-11-22(18(23)15-7-5-12-26-15)19-20-16-13(24-3)8-9-14(25-4)17(16)27-19/h5,7-9,12H,6,10-11H2,1-4H3. The molecule has 0 fully saturated rings. The van der Waals surface area contributed by atoms with E-state index in [-0.39, 0.29) is 5.91 Å². The molecule has 0 aliphatic rings. The topological polar surface area (TPSA) is 54.9 Å². The van der Waals surface area contributed by atoms with E-state index < -0.39 is 0 Å². The fraction of sp³-hybridized carbons (Fsp3) is 0.368. The summed E-state index contributed by atoms with van der Waals surface area (Å²) in [5.41, 5.74) is 0.716. The predicted octanol–water partition coefficient (Wildman–Crippen LogP) is 3.97. The molecule has 27 heavy (non-hydrogen) atoms. The van der Waals surface area contributed by atoms with Gasteiger partial charge in [-0.05, 0) is 50.6 Å². The second kappa shape index (κ2) is 8.69. The van der Waals surface area contributed by atoms with Gasteiger partial charge in [0.25, 0.3) is 5.91 Å². The normalized spacial score (nSPS) is 11.1. The van der Waals surface area contributed by atoms with E-state index in [0.717, 1.165) is 23.4 Å². The summed E-state index contributed by atoms with van der Waals surface area (Å²) in [7, 11) is 7.30. The van der Waals surface area contributed by atoms with Gasteiger partial charge in [0.1, 0.15) is 21.7 Å². The molecule has 0 N–H and O–H groups in total. The molecule has 6 nitrogen and oxygen atoms in total. The molecule has 0 saturated heterocycles. The van der Waals surface area contributed by atoms with Crippen LogP contribution in [0, 0.1) is 0 Å². The molecule has 144 valence electrons. The van der Waals surface area contributed by atoms with Crippen molar-refractivity contribution in [3.8, 4) is 11.5 Å². The SMILES string of the molecule is COc1ccc(OC)c2sc(N(CCCN(C)C)C(=O)c3cccs3)nc12. The van der Waals surface area contributed by atoms with Crippen molar-refractivity contribution in [3.05, 3.63) is 34.5 Å². The molecule has 0 bridgehead atoms. The number of carbonyl (C=O) groups excluding carboxylic acids is 1. The molecule has 0 atom stereocenters. The minimum absolute atomic E-state index is 0.0271. The zero-order valence-corrected chi connectivity index (χ0v) is 17.5. The van der Waals surface area contributed by atoms with Crippen LogP contribution in [-0.4, -0.2) is 57.2 Å². The molecule has 8 heteroatoms. The highest BCUT2D eigenvalue weighted by atomic mass is 32.1. The monoisotopic (exact) mass is 405 g/mol. The molecular weight excluding hydrogens is 382 g/mol. The number of fused-ring (bicyclic) bond motifs is 1. The number of aromatic nitrogens is 1. The van der Waals surface area contributed by atoms with E-state index >= 15 is 0 Å². The quantitative estimate of drug-likeness (QED) is 0.568. The summed E-state index contributed by atoms with van der Waals surface area (Å²) in [5, 5.41) is 2.57. The Bertz CT molecular complexity index is 865. The Morgan fingerprint density at radius 1 is 1.11 bits per heavy atom. The number of thiazole rings is 1. The van der Waals surface area contributed by atoms with Crippen molar-refractivity contribution in [2.24, 2.45) is 0 Å². The van der Waals surface area contributed by atoms with Crippen LogP contribution in [0.2, 0.25) is 0 Å². The molecule has 1 amide bonds. The zero-order chi connectivity index (χ0) is 19.4. The van der Waals surface area contributed by atoms with Gasteiger partial charge in [0, 0.05) is 6.54 Å². The van der Waals surface area contributed by atoms with Crippen LogP contribution >= 0.6 is 22.7 Å². The van der Waals surface area contributed by atoms with Crippen LogP contribution in [0.1, 0.15) is 16.1 Å². The van der Waals surface area contributed by atoms with E-state index in [0.29, 0.717) is 27.8 Å². The largest absolute Gasteiger partial charge is 0.495 e. The number of amides is 1. The molecule has 0 unspecified atom stereocenters. The third-order valence-corrected chi connectivity index (χ3v) is 6.04. The van der Waals surface area contributed by atoms with Gasteiger partial charge in [0.05, 0.1) is 19.1 Å². The van der Waals surface area contributed by atoms with Gasteiger partial charge in [-0.2, -0.15) is 0 Å². The molecular formula is C19H23N3O3S2. The van der Waals surface area contributed by atoms with Crippen molar-refractivity contribution in [3.63, 3.8) is 0 Å². The minimum atomic E-state index is -0.0271. The Morgan fingerprint density at radius 2 is 1.85 bits per heavy atom. The van der Waals surface area contributed by atoms with Crippen LogP contribution in [0.15, 0.2) is 29.6 Å². The minimum Gasteiger partial charge on any atom is -0.495 e. The number of nitrogens with zero attached hydrogens (tertiary/aromatic N) is 3. The molecule has 3 aromatic rings. The van der Waals surface area contributed by atoms with E-state index in [1.807, 2.05) is 43.7 Å². The number of rotatable bonds is 8. The van der Waals surface area contributed by atoms with Crippen LogP contribution in [-0.2, 0) is 0 Å². The highest BCUT2D eigenvalue weighted by Crippen LogP contribution is 2.40. The van der Waals surface area contributed by atoms with E-state index in [4.69, 9.17) is 14.5 Å². The Balaban J connectivity index is 2.01. The maximum absolute atomic E-state index is 13.1. The van der Waals surface area contributed by atoms with E-state index in [2.05, 4.69) is 4.90 Å². The molecule has 0 saturated carbocycles. The highest BCUT2D eigenvalue weighted by molar-refractivity contribution is 7.23. The first-order chi connectivity index (χ1) is 13.0. The van der Waals surface area contributed by atoms with Crippen molar-refractivity contribution in [2.45, 2.75) is 6.42 Å².